The molecule has 2 aliphatic rings. The summed E-state index contributed by atoms with van der Waals surface area (Å²) >= 11 is 0. The van der Waals surface area contributed by atoms with Crippen LogP contribution in [0.25, 0.3) is 0 Å². The minimum Gasteiger partial charge on any atom is -0.462 e. The number of aliphatic hydroxyl groups excluding tert-OH is 7. The molecule has 0 saturated carbocycles. The van der Waals surface area contributed by atoms with Gasteiger partial charge >= 0.3 is 11.9 Å². The molecule has 0 aromatic carbocycles. The van der Waals surface area contributed by atoms with Crippen LogP contribution in [-0.4, -0.2) is 142 Å². The average molecular weight is 1020 g/mol. The van der Waals surface area contributed by atoms with E-state index in [4.69, 9.17) is 28.4 Å². The van der Waals surface area contributed by atoms with Crippen LogP contribution in [0.1, 0.15) is 155 Å². The van der Waals surface area contributed by atoms with Crippen molar-refractivity contribution in [2.24, 2.45) is 0 Å². The first-order chi connectivity index (χ1) is 35.0. The molecular formula is C57H92O15. The quantitative estimate of drug-likeness (QED) is 0.0133. The van der Waals surface area contributed by atoms with Crippen LogP contribution in [0.4, 0.5) is 0 Å². The highest BCUT2D eigenvalue weighted by Gasteiger charge is 2.47. The lowest BCUT2D eigenvalue weighted by molar-refractivity contribution is -0.332. The Kier molecular flexibility index (Phi) is 38.3. The molecule has 2 saturated heterocycles. The second-order valence-corrected chi connectivity index (χ2v) is 18.4. The number of carbonyl (C=O) groups is 2. The number of unbranched alkanes of at least 4 members (excludes halogenated alkanes) is 14. The van der Waals surface area contributed by atoms with Crippen LogP contribution in [0.3, 0.4) is 0 Å². The zero-order chi connectivity index (χ0) is 52.4. The van der Waals surface area contributed by atoms with Crippen molar-refractivity contribution in [1.82, 2.24) is 0 Å². The topological polar surface area (TPSA) is 231 Å². The van der Waals surface area contributed by atoms with Gasteiger partial charge < -0.3 is 64.2 Å². The number of allylic oxidation sites excluding steroid dienone is 16. The van der Waals surface area contributed by atoms with Gasteiger partial charge in [-0.05, 0) is 57.8 Å². The highest BCUT2D eigenvalue weighted by molar-refractivity contribution is 5.70. The van der Waals surface area contributed by atoms with Crippen molar-refractivity contribution >= 4 is 11.9 Å². The van der Waals surface area contributed by atoms with Crippen molar-refractivity contribution in [2.45, 2.75) is 223 Å². The van der Waals surface area contributed by atoms with E-state index >= 15 is 0 Å². The highest BCUT2D eigenvalue weighted by Crippen LogP contribution is 2.26. The van der Waals surface area contributed by atoms with Gasteiger partial charge in [-0.1, -0.05) is 182 Å². The largest absolute Gasteiger partial charge is 0.462 e. The Bertz CT molecular complexity index is 1620. The van der Waals surface area contributed by atoms with Crippen LogP contribution in [0, 0.1) is 0 Å². The predicted molar refractivity (Wildman–Crippen MR) is 279 cm³/mol. The fourth-order valence-electron chi connectivity index (χ4n) is 7.85. The maximum atomic E-state index is 13.0. The van der Waals surface area contributed by atoms with E-state index in [2.05, 4.69) is 56.4 Å². The zero-order valence-corrected chi connectivity index (χ0v) is 43.4. The van der Waals surface area contributed by atoms with Crippen LogP contribution >= 0.6 is 0 Å². The van der Waals surface area contributed by atoms with E-state index in [1.165, 1.54) is 64.2 Å². The molecule has 0 radical (unpaired) electrons. The Morgan fingerprint density at radius 3 is 1.50 bits per heavy atom. The van der Waals surface area contributed by atoms with Crippen molar-refractivity contribution < 1.29 is 73.8 Å². The van der Waals surface area contributed by atoms with Crippen molar-refractivity contribution in [2.75, 3.05) is 26.4 Å². The van der Waals surface area contributed by atoms with Crippen molar-refractivity contribution in [3.63, 3.8) is 0 Å². The molecule has 5 unspecified atom stereocenters. The van der Waals surface area contributed by atoms with Gasteiger partial charge in [-0.2, -0.15) is 0 Å². The second kappa shape index (κ2) is 42.7. The Morgan fingerprint density at radius 1 is 0.458 bits per heavy atom. The monoisotopic (exact) mass is 1020 g/mol. The lowest BCUT2D eigenvalue weighted by Gasteiger charge is -2.42. The maximum Gasteiger partial charge on any atom is 0.306 e. The molecule has 15 nitrogen and oxygen atoms in total. The van der Waals surface area contributed by atoms with Gasteiger partial charge in [0, 0.05) is 12.8 Å². The van der Waals surface area contributed by atoms with E-state index in [0.29, 0.717) is 19.3 Å². The molecular weight excluding hydrogens is 925 g/mol. The van der Waals surface area contributed by atoms with Crippen LogP contribution in [-0.2, 0) is 38.0 Å². The number of ether oxygens (including phenoxy) is 6. The van der Waals surface area contributed by atoms with Crippen LogP contribution in [0.2, 0.25) is 0 Å². The minimum atomic E-state index is -1.78. The lowest BCUT2D eigenvalue weighted by Crippen LogP contribution is -2.61. The third-order valence-corrected chi connectivity index (χ3v) is 12.2. The summed E-state index contributed by atoms with van der Waals surface area (Å²) in [5.74, 6) is -1.02. The standard InChI is InChI=1S/C57H92O15/c1-3-5-7-9-11-13-15-17-18-19-20-21-22-23-24-25-26-28-29-31-33-35-37-39-48(59)67-42-45(70-49(60)40-38-36-34-32-30-27-16-14-12-10-8-6-4-2)43-68-56-55(66)53(64)51(62)47(72-56)44-69-57-54(65)52(63)50(61)46(41-58)71-57/h5-8,10-14,16-18,27,30,32,34,45-47,50-58,61-66H,3-4,9,15,19-26,28-29,31,33,35-44H2,1-2H3/b7-5+,8-6+,12-10+,13-11+,16-14+,18-17+,30-27+,34-32+/t45?,46-,47-,50+,51+,52?,53?,54?,55?,56-,57-/m1/s1. The minimum absolute atomic E-state index is 0.0639. The van der Waals surface area contributed by atoms with Gasteiger partial charge in [0.05, 0.1) is 19.8 Å². The van der Waals surface area contributed by atoms with E-state index in [0.717, 1.165) is 44.9 Å². The summed E-state index contributed by atoms with van der Waals surface area (Å²) in [5, 5.41) is 72.1. The van der Waals surface area contributed by atoms with Crippen LogP contribution < -0.4 is 0 Å². The summed E-state index contributed by atoms with van der Waals surface area (Å²) in [6.45, 7) is 2.24. The SMILES string of the molecule is CC/C=C/C=C/C=C/C=C/C=C/CCCC(=O)OC(COC(=O)CCCCCCCCCCCCCCC/C=C/C/C=C/C/C=C/CC)CO[C@@H]1O[C@H](CO[C@@H]2O[C@H](CO)[C@H](O)C(O)C2O)[C@H](O)C(O)C1O. The normalized spacial score (nSPS) is 25.8. The zero-order valence-electron chi connectivity index (χ0n) is 43.4. The Hall–Kier alpha value is -3.58. The molecule has 7 N–H and O–H groups in total. The first kappa shape index (κ1) is 64.5. The maximum absolute atomic E-state index is 13.0. The Balaban J connectivity index is 1.76. The summed E-state index contributed by atoms with van der Waals surface area (Å²) in [6, 6.07) is 0. The van der Waals surface area contributed by atoms with Crippen LogP contribution in [0.5, 0.6) is 0 Å². The number of aliphatic hydroxyl groups is 7. The first-order valence-electron chi connectivity index (χ1n) is 26.9. The molecule has 2 rings (SSSR count). The van der Waals surface area contributed by atoms with Gasteiger partial charge in [0.2, 0.25) is 0 Å². The van der Waals surface area contributed by atoms with E-state index in [1.54, 1.807) is 0 Å². The molecule has 0 amide bonds. The van der Waals surface area contributed by atoms with Gasteiger partial charge in [-0.15, -0.1) is 0 Å². The second-order valence-electron chi connectivity index (χ2n) is 18.4. The Labute approximate surface area is 430 Å². The molecule has 15 heteroatoms. The van der Waals surface area contributed by atoms with E-state index in [-0.39, 0.29) is 19.4 Å². The summed E-state index contributed by atoms with van der Waals surface area (Å²) < 4.78 is 33.5. The molecule has 0 spiro atoms. The lowest BCUT2D eigenvalue weighted by atomic mass is 9.98. The van der Waals surface area contributed by atoms with Crippen LogP contribution in [0.15, 0.2) is 97.2 Å². The number of carbonyl (C=O) groups excluding carboxylic acids is 2. The van der Waals surface area contributed by atoms with E-state index < -0.39 is 99.3 Å². The van der Waals surface area contributed by atoms with Crippen molar-refractivity contribution in [3.8, 4) is 0 Å². The fraction of sp³-hybridized carbons (Fsp3) is 0.684. The van der Waals surface area contributed by atoms with Crippen molar-refractivity contribution in [1.29, 1.82) is 0 Å². The first-order valence-corrected chi connectivity index (χ1v) is 26.9. The number of hydrogen-bond donors (Lipinski definition) is 7. The van der Waals surface area contributed by atoms with E-state index in [1.807, 2.05) is 54.7 Å². The molecule has 2 heterocycles. The summed E-state index contributed by atoms with van der Waals surface area (Å²) in [5.41, 5.74) is 0. The molecule has 0 aromatic heterocycles. The summed E-state index contributed by atoms with van der Waals surface area (Å²) in [6.07, 6.45) is 37.4. The van der Waals surface area contributed by atoms with Gasteiger partial charge in [-0.25, -0.2) is 0 Å². The molecule has 2 fully saturated rings. The number of hydrogen-bond acceptors (Lipinski definition) is 15. The van der Waals surface area contributed by atoms with Gasteiger partial charge in [-0.3, -0.25) is 9.59 Å². The van der Waals surface area contributed by atoms with Gasteiger partial charge in [0.15, 0.2) is 18.7 Å². The molecule has 72 heavy (non-hydrogen) atoms. The highest BCUT2D eigenvalue weighted by atomic mass is 16.7. The molecule has 410 valence electrons. The number of rotatable bonds is 40. The smallest absolute Gasteiger partial charge is 0.306 e. The molecule has 2 aliphatic heterocycles. The third-order valence-electron chi connectivity index (χ3n) is 12.2. The van der Waals surface area contributed by atoms with Crippen molar-refractivity contribution in [3.05, 3.63) is 97.2 Å². The third kappa shape index (κ3) is 30.0. The summed E-state index contributed by atoms with van der Waals surface area (Å²) in [4.78, 5) is 25.8. The summed E-state index contributed by atoms with van der Waals surface area (Å²) in [7, 11) is 0. The Morgan fingerprint density at radius 2 is 0.917 bits per heavy atom. The molecule has 0 bridgehead atoms. The van der Waals surface area contributed by atoms with E-state index in [9.17, 15) is 45.3 Å². The molecule has 0 aliphatic carbocycles. The fourth-order valence-corrected chi connectivity index (χ4v) is 7.85. The van der Waals surface area contributed by atoms with Gasteiger partial charge in [0.25, 0.3) is 0 Å². The average Bonchev–Trinajstić information content (AvgIpc) is 3.37. The number of esters is 2. The predicted octanol–water partition coefficient (Wildman–Crippen LogP) is 8.15. The van der Waals surface area contributed by atoms with Gasteiger partial charge in [0.1, 0.15) is 55.4 Å². The molecule has 0 aromatic rings. The molecule has 11 atom stereocenters.